The Morgan fingerprint density at radius 1 is 1.15 bits per heavy atom. The summed E-state index contributed by atoms with van der Waals surface area (Å²) in [5.41, 5.74) is -0.425. The van der Waals surface area contributed by atoms with Crippen LogP contribution in [0.5, 0.6) is 5.75 Å². The molecule has 0 bridgehead atoms. The molecule has 1 aliphatic heterocycles. The Hall–Kier alpha value is -3.92. The van der Waals surface area contributed by atoms with E-state index in [1.54, 1.807) is 19.2 Å². The van der Waals surface area contributed by atoms with Crippen molar-refractivity contribution >= 4 is 28.4 Å². The van der Waals surface area contributed by atoms with Crippen LogP contribution in [0.3, 0.4) is 0 Å². The summed E-state index contributed by atoms with van der Waals surface area (Å²) in [4.78, 5) is 40.2. The Morgan fingerprint density at radius 2 is 1.94 bits per heavy atom. The van der Waals surface area contributed by atoms with Crippen molar-refractivity contribution in [2.45, 2.75) is 13.1 Å². The molecule has 0 saturated carbocycles. The van der Waals surface area contributed by atoms with Gasteiger partial charge in [0, 0.05) is 32.4 Å². The third-order valence-electron chi connectivity index (χ3n) is 5.69. The Bertz CT molecular complexity index is 1570. The first-order chi connectivity index (χ1) is 15.8. The van der Waals surface area contributed by atoms with Crippen molar-refractivity contribution in [1.29, 1.82) is 0 Å². The van der Waals surface area contributed by atoms with Crippen LogP contribution in [0.2, 0.25) is 5.02 Å². The molecule has 1 aliphatic rings. The van der Waals surface area contributed by atoms with Crippen LogP contribution in [0.1, 0.15) is 16.1 Å². The van der Waals surface area contributed by atoms with Gasteiger partial charge in [-0.15, -0.1) is 5.10 Å². The van der Waals surface area contributed by atoms with E-state index in [1.165, 1.54) is 44.5 Å². The maximum Gasteiger partial charge on any atom is 0.280 e. The number of amides is 1. The molecule has 1 amide bonds. The molecule has 11 heteroatoms. The zero-order valence-corrected chi connectivity index (χ0v) is 18.1. The van der Waals surface area contributed by atoms with Crippen molar-refractivity contribution in [3.63, 3.8) is 0 Å². The number of carbonyl (C=O) groups excluding carboxylic acids is 1. The predicted octanol–water partition coefficient (Wildman–Crippen LogP) is 1.98. The molecule has 0 spiro atoms. The topological polar surface area (TPSA) is 102 Å². The standard InChI is InChI=1S/C22H17ClFN5O4/c1-26-8-9-28-17-16(19(31)18(28)22(26)33)21(32)29(11-12-5-6-14(24)13(23)10-12)25-20(17)27-7-3-2-4-15(27)30/h2-7,10,31H,8-9,11H2,1H3. The molecule has 4 heterocycles. The molecule has 168 valence electrons. The van der Waals surface area contributed by atoms with Crippen LogP contribution in [0.25, 0.3) is 16.7 Å². The summed E-state index contributed by atoms with van der Waals surface area (Å²) in [6.45, 7) is 0.564. The van der Waals surface area contributed by atoms with Crippen LogP contribution in [0, 0.1) is 5.82 Å². The van der Waals surface area contributed by atoms with Gasteiger partial charge < -0.3 is 14.6 Å². The molecule has 0 fully saturated rings. The molecule has 33 heavy (non-hydrogen) atoms. The second kappa shape index (κ2) is 7.59. The third-order valence-corrected chi connectivity index (χ3v) is 5.98. The van der Waals surface area contributed by atoms with Gasteiger partial charge in [-0.05, 0) is 23.8 Å². The third kappa shape index (κ3) is 3.21. The highest BCUT2D eigenvalue weighted by molar-refractivity contribution is 6.30. The minimum Gasteiger partial charge on any atom is -0.505 e. The van der Waals surface area contributed by atoms with Crippen molar-refractivity contribution in [2.75, 3.05) is 13.6 Å². The molecule has 0 aliphatic carbocycles. The van der Waals surface area contributed by atoms with E-state index < -0.39 is 28.6 Å². The first-order valence-corrected chi connectivity index (χ1v) is 10.4. The number of rotatable bonds is 3. The maximum absolute atomic E-state index is 13.6. The number of aromatic nitrogens is 4. The van der Waals surface area contributed by atoms with Gasteiger partial charge in [-0.1, -0.05) is 23.7 Å². The molecule has 1 N–H and O–H groups in total. The maximum atomic E-state index is 13.6. The number of aromatic hydroxyl groups is 1. The second-order valence-corrected chi connectivity index (χ2v) is 8.15. The van der Waals surface area contributed by atoms with Crippen molar-refractivity contribution in [3.8, 4) is 11.6 Å². The average Bonchev–Trinajstić information content (AvgIpc) is 3.09. The number of likely N-dealkylation sites (N-methyl/N-ethyl adjacent to an activating group) is 1. The number of hydrogen-bond acceptors (Lipinski definition) is 5. The van der Waals surface area contributed by atoms with Crippen LogP contribution in [-0.4, -0.2) is 48.4 Å². The zero-order chi connectivity index (χ0) is 23.4. The Morgan fingerprint density at radius 3 is 2.67 bits per heavy atom. The number of hydrogen-bond donors (Lipinski definition) is 1. The lowest BCUT2D eigenvalue weighted by Crippen LogP contribution is -2.37. The van der Waals surface area contributed by atoms with Gasteiger partial charge in [0.1, 0.15) is 16.7 Å². The largest absolute Gasteiger partial charge is 0.505 e. The average molecular weight is 470 g/mol. The summed E-state index contributed by atoms with van der Waals surface area (Å²) >= 11 is 5.87. The van der Waals surface area contributed by atoms with E-state index in [4.69, 9.17) is 11.6 Å². The van der Waals surface area contributed by atoms with Crippen LogP contribution >= 0.6 is 11.6 Å². The van der Waals surface area contributed by atoms with E-state index in [-0.39, 0.29) is 34.0 Å². The fourth-order valence-electron chi connectivity index (χ4n) is 4.03. The van der Waals surface area contributed by atoms with E-state index in [1.807, 2.05) is 0 Å². The molecular formula is C22H17ClFN5O4. The zero-order valence-electron chi connectivity index (χ0n) is 17.3. The van der Waals surface area contributed by atoms with Crippen LogP contribution < -0.4 is 11.1 Å². The minimum atomic E-state index is -0.659. The van der Waals surface area contributed by atoms with Crippen LogP contribution in [0.15, 0.2) is 52.2 Å². The molecular weight excluding hydrogens is 453 g/mol. The smallest absolute Gasteiger partial charge is 0.280 e. The predicted molar refractivity (Wildman–Crippen MR) is 119 cm³/mol. The molecule has 9 nitrogen and oxygen atoms in total. The number of benzene rings is 1. The number of carbonyl (C=O) groups is 1. The molecule has 3 aromatic heterocycles. The van der Waals surface area contributed by atoms with E-state index in [2.05, 4.69) is 5.10 Å². The van der Waals surface area contributed by atoms with Gasteiger partial charge in [-0.25, -0.2) is 9.07 Å². The Labute approximate surface area is 190 Å². The number of nitrogens with zero attached hydrogens (tertiary/aromatic N) is 5. The van der Waals surface area contributed by atoms with Crippen LogP contribution in [0.4, 0.5) is 4.39 Å². The van der Waals surface area contributed by atoms with E-state index >= 15 is 0 Å². The van der Waals surface area contributed by atoms with Gasteiger partial charge in [0.15, 0.2) is 17.3 Å². The normalized spacial score (nSPS) is 13.5. The molecule has 0 unspecified atom stereocenters. The van der Waals surface area contributed by atoms with Crippen molar-refractivity contribution in [1.82, 2.24) is 23.8 Å². The lowest BCUT2D eigenvalue weighted by Gasteiger charge is -2.25. The second-order valence-electron chi connectivity index (χ2n) is 7.74. The van der Waals surface area contributed by atoms with Crippen molar-refractivity contribution < 1.29 is 14.3 Å². The van der Waals surface area contributed by atoms with Crippen molar-refractivity contribution in [2.24, 2.45) is 0 Å². The molecule has 0 atom stereocenters. The van der Waals surface area contributed by atoms with Gasteiger partial charge in [0.2, 0.25) is 0 Å². The first kappa shape index (κ1) is 21.0. The van der Waals surface area contributed by atoms with Gasteiger partial charge >= 0.3 is 0 Å². The Kier molecular flexibility index (Phi) is 4.82. The van der Waals surface area contributed by atoms with E-state index in [0.717, 1.165) is 4.68 Å². The summed E-state index contributed by atoms with van der Waals surface area (Å²) in [6.07, 6.45) is 1.49. The molecule has 4 aromatic rings. The van der Waals surface area contributed by atoms with E-state index in [0.29, 0.717) is 18.7 Å². The van der Waals surface area contributed by atoms with E-state index in [9.17, 15) is 23.9 Å². The van der Waals surface area contributed by atoms with Gasteiger partial charge in [-0.2, -0.15) is 0 Å². The van der Waals surface area contributed by atoms with Gasteiger partial charge in [0.25, 0.3) is 17.0 Å². The fraction of sp³-hybridized carbons (Fsp3) is 0.182. The monoisotopic (exact) mass is 469 g/mol. The molecule has 0 radical (unpaired) electrons. The van der Waals surface area contributed by atoms with Crippen molar-refractivity contribution in [3.05, 3.63) is 85.4 Å². The number of halogens is 2. The van der Waals surface area contributed by atoms with Gasteiger partial charge in [0.05, 0.1) is 11.6 Å². The fourth-order valence-corrected chi connectivity index (χ4v) is 4.23. The lowest BCUT2D eigenvalue weighted by atomic mass is 10.2. The summed E-state index contributed by atoms with van der Waals surface area (Å²) in [6, 6.07) is 8.52. The molecule has 1 aromatic carbocycles. The molecule has 0 saturated heterocycles. The highest BCUT2D eigenvalue weighted by Gasteiger charge is 2.33. The lowest BCUT2D eigenvalue weighted by molar-refractivity contribution is 0.0747. The first-order valence-electron chi connectivity index (χ1n) is 10.0. The van der Waals surface area contributed by atoms with Gasteiger partial charge in [-0.3, -0.25) is 19.0 Å². The minimum absolute atomic E-state index is 0.0366. The van der Waals surface area contributed by atoms with Crippen LogP contribution in [-0.2, 0) is 13.1 Å². The SMILES string of the molecule is CN1CCn2c(c(O)c3c(=O)n(Cc4ccc(F)c(Cl)c4)nc(-n4ccccc4=O)c32)C1=O. The highest BCUT2D eigenvalue weighted by atomic mass is 35.5. The summed E-state index contributed by atoms with van der Waals surface area (Å²) in [5, 5.41) is 15.1. The Balaban J connectivity index is 1.85. The highest BCUT2D eigenvalue weighted by Crippen LogP contribution is 2.34. The quantitative estimate of drug-likeness (QED) is 0.494. The summed E-state index contributed by atoms with van der Waals surface area (Å²) < 4.78 is 17.4. The molecule has 5 rings (SSSR count). The summed E-state index contributed by atoms with van der Waals surface area (Å²) in [7, 11) is 1.60. The summed E-state index contributed by atoms with van der Waals surface area (Å²) in [5.74, 6) is -1.43. The number of pyridine rings is 1. The number of fused-ring (bicyclic) bond motifs is 3.